The van der Waals surface area contributed by atoms with E-state index in [9.17, 15) is 0 Å². The molecule has 0 aromatic heterocycles. The molecule has 0 bridgehead atoms. The first-order valence-corrected chi connectivity index (χ1v) is 4.65. The molecule has 2 heteroatoms. The third kappa shape index (κ3) is 6.19. The molecule has 0 rings (SSSR count). The van der Waals surface area contributed by atoms with Crippen molar-refractivity contribution < 1.29 is 5.11 Å². The van der Waals surface area contributed by atoms with Crippen LogP contribution in [0.25, 0.3) is 0 Å². The Morgan fingerprint density at radius 1 is 1.44 bits per heavy atom. The number of aliphatic hydroxyl groups excluding tert-OH is 1. The summed E-state index contributed by atoms with van der Waals surface area (Å²) in [6.07, 6.45) is 3.28. The molecule has 0 aliphatic rings. The summed E-state index contributed by atoms with van der Waals surface area (Å²) < 4.78 is 0. The van der Waals surface area contributed by atoms with E-state index in [1.807, 2.05) is 0 Å². The van der Waals surface area contributed by atoms with Crippen LogP contribution in [0.1, 0.15) is 33.1 Å². The Balaban J connectivity index is 2.95. The van der Waals surface area contributed by atoms with Crippen molar-refractivity contribution in [2.45, 2.75) is 38.5 Å². The van der Waals surface area contributed by atoms with E-state index in [0.717, 1.165) is 18.6 Å². The van der Waals surface area contributed by atoms with Gasteiger partial charge in [0, 0.05) is 0 Å². The summed E-state index contributed by atoms with van der Waals surface area (Å²) in [4.78, 5) is 0. The fourth-order valence-corrected chi connectivity index (χ4v) is 1.37. The summed E-state index contributed by atoms with van der Waals surface area (Å²) in [5.41, 5.74) is -0.116. The van der Waals surface area contributed by atoms with Gasteiger partial charge in [0.15, 0.2) is 0 Å². The molecule has 0 amide bonds. The van der Waals surface area contributed by atoms with E-state index in [0.29, 0.717) is 0 Å². The average molecular weight is 148 g/mol. The van der Waals surface area contributed by atoms with Crippen molar-refractivity contribution in [1.82, 2.24) is 0 Å². The van der Waals surface area contributed by atoms with Crippen LogP contribution in [0.15, 0.2) is 0 Å². The summed E-state index contributed by atoms with van der Waals surface area (Å²) >= 11 is 1.63. The second-order valence-corrected chi connectivity index (χ2v) is 3.51. The van der Waals surface area contributed by atoms with Gasteiger partial charge in [-0.2, -0.15) is 0 Å². The first-order valence-electron chi connectivity index (χ1n) is 3.61. The normalized spacial score (nSPS) is 13.7. The third-order valence-electron chi connectivity index (χ3n) is 1.16. The maximum Gasteiger partial charge on any atom is 0.0992 e. The zero-order valence-electron chi connectivity index (χ0n) is 6.26. The highest BCUT2D eigenvalue weighted by atomic mass is 32.2. The Morgan fingerprint density at radius 2 is 2.11 bits per heavy atom. The molecule has 0 heterocycles. The molecule has 1 atom stereocenters. The summed E-state index contributed by atoms with van der Waals surface area (Å²) in [6, 6.07) is 0. The first kappa shape index (κ1) is 9.31. The molecule has 0 aliphatic heterocycles. The quantitative estimate of drug-likeness (QED) is 0.603. The molecule has 0 spiro atoms. The molecule has 0 saturated heterocycles. The third-order valence-corrected chi connectivity index (χ3v) is 2.12. The number of aliphatic hydroxyl groups is 1. The largest absolute Gasteiger partial charge is 0.382 e. The van der Waals surface area contributed by atoms with Crippen molar-refractivity contribution in [2.24, 2.45) is 0 Å². The summed E-state index contributed by atoms with van der Waals surface area (Å²) in [7, 11) is 0. The average Bonchev–Trinajstić information content (AvgIpc) is 1.85. The van der Waals surface area contributed by atoms with Gasteiger partial charge in [0.1, 0.15) is 0 Å². The first-order chi connectivity index (χ1) is 4.31. The molecule has 0 aliphatic carbocycles. The van der Waals surface area contributed by atoms with Gasteiger partial charge in [-0.05, 0) is 12.2 Å². The van der Waals surface area contributed by atoms with Crippen molar-refractivity contribution in [3.63, 3.8) is 0 Å². The number of rotatable bonds is 5. The lowest BCUT2D eigenvalue weighted by molar-refractivity contribution is 0.249. The lowest BCUT2D eigenvalue weighted by Crippen LogP contribution is -1.99. The number of hydrogen-bond acceptors (Lipinski definition) is 2. The van der Waals surface area contributed by atoms with Gasteiger partial charge in [0.2, 0.25) is 0 Å². The van der Waals surface area contributed by atoms with E-state index < -0.39 is 0 Å². The Kier molecular flexibility index (Phi) is 6.65. The van der Waals surface area contributed by atoms with Crippen molar-refractivity contribution in [2.75, 3.05) is 5.75 Å². The monoisotopic (exact) mass is 148 g/mol. The topological polar surface area (TPSA) is 20.2 Å². The van der Waals surface area contributed by atoms with Gasteiger partial charge in [0.25, 0.3) is 0 Å². The molecule has 56 valence electrons. The van der Waals surface area contributed by atoms with Crippen LogP contribution in [-0.2, 0) is 0 Å². The van der Waals surface area contributed by atoms with Crippen LogP contribution in [0, 0.1) is 0 Å². The molecular weight excluding hydrogens is 132 g/mol. The highest BCUT2D eigenvalue weighted by molar-refractivity contribution is 7.99. The zero-order chi connectivity index (χ0) is 7.11. The lowest BCUT2D eigenvalue weighted by Gasteiger charge is -2.05. The van der Waals surface area contributed by atoms with E-state index in [1.54, 1.807) is 11.8 Å². The molecule has 0 aromatic carbocycles. The molecule has 1 N–H and O–H groups in total. The highest BCUT2D eigenvalue weighted by Crippen LogP contribution is 2.13. The molecule has 9 heavy (non-hydrogen) atoms. The van der Waals surface area contributed by atoms with Gasteiger partial charge in [-0.1, -0.05) is 26.7 Å². The smallest absolute Gasteiger partial charge is 0.0992 e. The molecule has 1 unspecified atom stereocenters. The minimum absolute atomic E-state index is 0.116. The van der Waals surface area contributed by atoms with E-state index in [-0.39, 0.29) is 5.44 Å². The fourth-order valence-electron chi connectivity index (χ4n) is 0.654. The molecule has 0 radical (unpaired) electrons. The predicted molar refractivity (Wildman–Crippen MR) is 43.7 cm³/mol. The highest BCUT2D eigenvalue weighted by Gasteiger charge is 1.99. The molecule has 0 saturated carbocycles. The minimum Gasteiger partial charge on any atom is -0.382 e. The Morgan fingerprint density at radius 3 is 2.56 bits per heavy atom. The van der Waals surface area contributed by atoms with Crippen LogP contribution in [-0.4, -0.2) is 16.3 Å². The molecule has 1 nitrogen and oxygen atoms in total. The minimum atomic E-state index is -0.116. The van der Waals surface area contributed by atoms with E-state index in [2.05, 4.69) is 13.8 Å². The number of unbranched alkanes of at least 4 members (excludes halogenated alkanes) is 1. The van der Waals surface area contributed by atoms with Crippen LogP contribution in [0.2, 0.25) is 0 Å². The second-order valence-electron chi connectivity index (χ2n) is 2.05. The van der Waals surface area contributed by atoms with Crippen molar-refractivity contribution >= 4 is 11.8 Å². The van der Waals surface area contributed by atoms with Crippen molar-refractivity contribution in [3.8, 4) is 0 Å². The Labute approximate surface area is 61.8 Å². The van der Waals surface area contributed by atoms with Crippen molar-refractivity contribution in [1.29, 1.82) is 0 Å². The van der Waals surface area contributed by atoms with Crippen LogP contribution >= 0.6 is 11.8 Å². The van der Waals surface area contributed by atoms with Gasteiger partial charge in [0.05, 0.1) is 5.44 Å². The molecule has 0 fully saturated rings. The zero-order valence-corrected chi connectivity index (χ0v) is 7.08. The van der Waals surface area contributed by atoms with Crippen LogP contribution in [0.4, 0.5) is 0 Å². The van der Waals surface area contributed by atoms with E-state index in [1.165, 1.54) is 6.42 Å². The fraction of sp³-hybridized carbons (Fsp3) is 1.00. The lowest BCUT2D eigenvalue weighted by atomic mass is 10.3. The Bertz CT molecular complexity index is 56.9. The van der Waals surface area contributed by atoms with Gasteiger partial charge < -0.3 is 5.11 Å². The van der Waals surface area contributed by atoms with Gasteiger partial charge in [-0.15, -0.1) is 11.8 Å². The maximum atomic E-state index is 9.14. The van der Waals surface area contributed by atoms with Crippen LogP contribution < -0.4 is 0 Å². The second kappa shape index (κ2) is 6.43. The summed E-state index contributed by atoms with van der Waals surface area (Å²) in [5.74, 6) is 1.02. The summed E-state index contributed by atoms with van der Waals surface area (Å²) in [5, 5.41) is 9.14. The van der Waals surface area contributed by atoms with E-state index in [4.69, 9.17) is 5.11 Å². The standard InChI is InChI=1S/C7H16OS/c1-3-5-6-7(8)9-4-2/h7-8H,3-6H2,1-2H3. The SMILES string of the molecule is CCCCC(O)SCC. The van der Waals surface area contributed by atoms with Gasteiger partial charge in [-0.25, -0.2) is 0 Å². The maximum absolute atomic E-state index is 9.14. The number of thioether (sulfide) groups is 1. The van der Waals surface area contributed by atoms with Crippen molar-refractivity contribution in [3.05, 3.63) is 0 Å². The van der Waals surface area contributed by atoms with Crippen LogP contribution in [0.5, 0.6) is 0 Å². The molecule has 0 aromatic rings. The summed E-state index contributed by atoms with van der Waals surface area (Å²) in [6.45, 7) is 4.21. The van der Waals surface area contributed by atoms with Gasteiger partial charge >= 0.3 is 0 Å². The predicted octanol–water partition coefficient (Wildman–Crippen LogP) is 2.25. The van der Waals surface area contributed by atoms with Gasteiger partial charge in [-0.3, -0.25) is 0 Å². The number of hydrogen-bond donors (Lipinski definition) is 1. The van der Waals surface area contributed by atoms with Crippen LogP contribution in [0.3, 0.4) is 0 Å². The Hall–Kier alpha value is 0.310. The van der Waals surface area contributed by atoms with E-state index >= 15 is 0 Å². The molecular formula is C7H16OS.